The molecule has 0 fully saturated rings. The molecule has 0 spiro atoms. The van der Waals surface area contributed by atoms with Crippen molar-refractivity contribution in [2.45, 2.75) is 32.9 Å². The zero-order chi connectivity index (χ0) is 21.6. The standard InChI is InChI=1S/C26H27NO4/c1-18(2)14-23(22-12-7-13-24-25(22)31-17-30-24)27-26(28)20-9-6-8-19(15-20)16-29-21-10-4-3-5-11-21/h3-13,15,18,23H,14,16-17H2,1-2H3,(H,27,28). The first-order chi connectivity index (χ1) is 15.1. The third-order valence-electron chi connectivity index (χ3n) is 5.15. The maximum absolute atomic E-state index is 13.1. The molecule has 1 aliphatic rings. The zero-order valence-electron chi connectivity index (χ0n) is 17.8. The minimum atomic E-state index is -0.173. The molecular weight excluding hydrogens is 390 g/mol. The Labute approximate surface area is 183 Å². The number of hydrogen-bond donors (Lipinski definition) is 1. The van der Waals surface area contributed by atoms with E-state index in [-0.39, 0.29) is 18.7 Å². The third kappa shape index (κ3) is 5.18. The topological polar surface area (TPSA) is 56.8 Å². The first-order valence-corrected chi connectivity index (χ1v) is 10.6. The van der Waals surface area contributed by atoms with Crippen LogP contribution in [0.2, 0.25) is 0 Å². The summed E-state index contributed by atoms with van der Waals surface area (Å²) in [7, 11) is 0. The summed E-state index contributed by atoms with van der Waals surface area (Å²) in [6.45, 7) is 4.89. The fourth-order valence-electron chi connectivity index (χ4n) is 3.69. The van der Waals surface area contributed by atoms with Crippen LogP contribution < -0.4 is 19.5 Å². The van der Waals surface area contributed by atoms with Crippen LogP contribution in [0.5, 0.6) is 17.2 Å². The van der Waals surface area contributed by atoms with Crippen LogP contribution in [0.1, 0.15) is 47.8 Å². The Hall–Kier alpha value is -3.47. The normalized spacial score (nSPS) is 13.1. The number of hydrogen-bond acceptors (Lipinski definition) is 4. The van der Waals surface area contributed by atoms with Crippen LogP contribution in [0.15, 0.2) is 72.8 Å². The van der Waals surface area contributed by atoms with E-state index >= 15 is 0 Å². The maximum Gasteiger partial charge on any atom is 0.251 e. The smallest absolute Gasteiger partial charge is 0.251 e. The summed E-state index contributed by atoms with van der Waals surface area (Å²) in [5.41, 5.74) is 2.49. The van der Waals surface area contributed by atoms with Gasteiger partial charge in [-0.2, -0.15) is 0 Å². The van der Waals surface area contributed by atoms with E-state index in [0.29, 0.717) is 18.1 Å². The fourth-order valence-corrected chi connectivity index (χ4v) is 3.69. The van der Waals surface area contributed by atoms with Crippen molar-refractivity contribution in [1.82, 2.24) is 5.32 Å². The van der Waals surface area contributed by atoms with Gasteiger partial charge in [0.05, 0.1) is 6.04 Å². The molecule has 3 aromatic rings. The average Bonchev–Trinajstić information content (AvgIpc) is 3.27. The van der Waals surface area contributed by atoms with E-state index < -0.39 is 0 Å². The van der Waals surface area contributed by atoms with Gasteiger partial charge in [0.15, 0.2) is 11.5 Å². The van der Waals surface area contributed by atoms with Crippen LogP contribution in [-0.4, -0.2) is 12.7 Å². The first-order valence-electron chi connectivity index (χ1n) is 10.6. The molecule has 1 unspecified atom stereocenters. The zero-order valence-corrected chi connectivity index (χ0v) is 17.8. The molecule has 1 atom stereocenters. The van der Waals surface area contributed by atoms with E-state index in [1.165, 1.54) is 0 Å². The second kappa shape index (κ2) is 9.56. The number of rotatable bonds is 8. The van der Waals surface area contributed by atoms with Gasteiger partial charge in [0, 0.05) is 11.1 Å². The van der Waals surface area contributed by atoms with Crippen molar-refractivity contribution in [3.05, 3.63) is 89.5 Å². The van der Waals surface area contributed by atoms with Crippen molar-refractivity contribution >= 4 is 5.91 Å². The second-order valence-electron chi connectivity index (χ2n) is 8.04. The van der Waals surface area contributed by atoms with E-state index in [9.17, 15) is 4.79 Å². The minimum absolute atomic E-state index is 0.122. The third-order valence-corrected chi connectivity index (χ3v) is 5.15. The molecule has 31 heavy (non-hydrogen) atoms. The highest BCUT2D eigenvalue weighted by Crippen LogP contribution is 2.40. The summed E-state index contributed by atoms with van der Waals surface area (Å²) in [4.78, 5) is 13.1. The number of carbonyl (C=O) groups excluding carboxylic acids is 1. The van der Waals surface area contributed by atoms with Crippen LogP contribution in [0.25, 0.3) is 0 Å². The summed E-state index contributed by atoms with van der Waals surface area (Å²) < 4.78 is 17.0. The van der Waals surface area contributed by atoms with Crippen molar-refractivity contribution in [3.8, 4) is 17.2 Å². The van der Waals surface area contributed by atoms with Crippen LogP contribution in [0, 0.1) is 5.92 Å². The van der Waals surface area contributed by atoms with Crippen LogP contribution in [-0.2, 0) is 6.61 Å². The molecule has 160 valence electrons. The van der Waals surface area contributed by atoms with Crippen LogP contribution in [0.3, 0.4) is 0 Å². The summed E-state index contributed by atoms with van der Waals surface area (Å²) in [5, 5.41) is 3.20. The van der Waals surface area contributed by atoms with Gasteiger partial charge in [-0.15, -0.1) is 0 Å². The van der Waals surface area contributed by atoms with E-state index in [0.717, 1.165) is 34.8 Å². The second-order valence-corrected chi connectivity index (χ2v) is 8.04. The van der Waals surface area contributed by atoms with E-state index in [4.69, 9.17) is 14.2 Å². The molecule has 1 aliphatic heterocycles. The molecule has 0 saturated heterocycles. The number of carbonyl (C=O) groups is 1. The fraction of sp³-hybridized carbons (Fsp3) is 0.269. The van der Waals surface area contributed by atoms with Gasteiger partial charge in [0.1, 0.15) is 12.4 Å². The summed E-state index contributed by atoms with van der Waals surface area (Å²) in [6, 6.07) is 22.8. The van der Waals surface area contributed by atoms with Gasteiger partial charge in [-0.1, -0.05) is 56.3 Å². The summed E-state index contributed by atoms with van der Waals surface area (Å²) in [6.07, 6.45) is 0.794. The van der Waals surface area contributed by atoms with Gasteiger partial charge in [0.2, 0.25) is 6.79 Å². The number of para-hydroxylation sites is 2. The Bertz CT molecular complexity index is 1030. The molecule has 5 nitrogen and oxygen atoms in total. The number of benzene rings is 3. The van der Waals surface area contributed by atoms with Crippen molar-refractivity contribution in [1.29, 1.82) is 0 Å². The van der Waals surface area contributed by atoms with Crippen molar-refractivity contribution in [2.24, 2.45) is 5.92 Å². The van der Waals surface area contributed by atoms with Crippen LogP contribution >= 0.6 is 0 Å². The molecule has 1 amide bonds. The highest BCUT2D eigenvalue weighted by molar-refractivity contribution is 5.94. The summed E-state index contributed by atoms with van der Waals surface area (Å²) in [5.74, 6) is 2.52. The molecule has 1 N–H and O–H groups in total. The van der Waals surface area contributed by atoms with Gasteiger partial charge >= 0.3 is 0 Å². The highest BCUT2D eigenvalue weighted by Gasteiger charge is 2.25. The molecule has 0 radical (unpaired) electrons. The van der Waals surface area contributed by atoms with E-state index in [1.807, 2.05) is 72.8 Å². The Kier molecular flexibility index (Phi) is 6.41. The Morgan fingerprint density at radius 3 is 2.61 bits per heavy atom. The van der Waals surface area contributed by atoms with Gasteiger partial charge in [-0.05, 0) is 48.2 Å². The lowest BCUT2D eigenvalue weighted by Gasteiger charge is -2.22. The lowest BCUT2D eigenvalue weighted by atomic mass is 9.95. The van der Waals surface area contributed by atoms with E-state index in [2.05, 4.69) is 19.2 Å². The number of amides is 1. The molecule has 1 heterocycles. The first kappa shape index (κ1) is 20.8. The Balaban J connectivity index is 1.49. The Morgan fingerprint density at radius 1 is 1.00 bits per heavy atom. The highest BCUT2D eigenvalue weighted by atomic mass is 16.7. The lowest BCUT2D eigenvalue weighted by Crippen LogP contribution is -2.29. The quantitative estimate of drug-likeness (QED) is 0.525. The molecule has 0 aliphatic carbocycles. The van der Waals surface area contributed by atoms with Crippen molar-refractivity contribution in [2.75, 3.05) is 6.79 Å². The van der Waals surface area contributed by atoms with Gasteiger partial charge in [0.25, 0.3) is 5.91 Å². The minimum Gasteiger partial charge on any atom is -0.489 e. The van der Waals surface area contributed by atoms with Gasteiger partial charge < -0.3 is 19.5 Å². The SMILES string of the molecule is CC(C)CC(NC(=O)c1cccc(COc2ccccc2)c1)c1cccc2c1OCO2. The molecule has 0 bridgehead atoms. The molecule has 5 heteroatoms. The number of nitrogens with one attached hydrogen (secondary N) is 1. The van der Waals surface area contributed by atoms with Crippen molar-refractivity contribution in [3.63, 3.8) is 0 Å². The summed E-state index contributed by atoms with van der Waals surface area (Å²) >= 11 is 0. The Morgan fingerprint density at radius 2 is 1.81 bits per heavy atom. The predicted octanol–water partition coefficient (Wildman–Crippen LogP) is 5.51. The van der Waals surface area contributed by atoms with Crippen LogP contribution in [0.4, 0.5) is 0 Å². The molecule has 0 saturated carbocycles. The molecule has 0 aromatic heterocycles. The average molecular weight is 418 g/mol. The van der Waals surface area contributed by atoms with E-state index in [1.54, 1.807) is 0 Å². The van der Waals surface area contributed by atoms with Crippen molar-refractivity contribution < 1.29 is 19.0 Å². The van der Waals surface area contributed by atoms with Gasteiger partial charge in [-0.25, -0.2) is 0 Å². The molecular formula is C26H27NO4. The van der Waals surface area contributed by atoms with Gasteiger partial charge in [-0.3, -0.25) is 4.79 Å². The largest absolute Gasteiger partial charge is 0.489 e. The molecule has 4 rings (SSSR count). The predicted molar refractivity (Wildman–Crippen MR) is 119 cm³/mol. The number of fused-ring (bicyclic) bond motifs is 1. The maximum atomic E-state index is 13.1. The molecule has 3 aromatic carbocycles. The monoisotopic (exact) mass is 417 g/mol. The number of ether oxygens (including phenoxy) is 3. The lowest BCUT2D eigenvalue weighted by molar-refractivity contribution is 0.0931.